The molecule has 0 amide bonds. The molecule has 33 heavy (non-hydrogen) atoms. The zero-order chi connectivity index (χ0) is 24.3. The molecule has 3 rings (SSSR count). The average Bonchev–Trinajstić information content (AvgIpc) is 2.75. The summed E-state index contributed by atoms with van der Waals surface area (Å²) in [4.78, 5) is 58.3. The van der Waals surface area contributed by atoms with Crippen LogP contribution in [-0.2, 0) is 0 Å². The third kappa shape index (κ3) is 4.68. The van der Waals surface area contributed by atoms with E-state index in [0.717, 1.165) is 24.3 Å². The highest BCUT2D eigenvalue weighted by Crippen LogP contribution is 2.29. The summed E-state index contributed by atoms with van der Waals surface area (Å²) in [5.41, 5.74) is -2.53. The third-order valence-corrected chi connectivity index (χ3v) is 4.19. The maximum absolute atomic E-state index is 12.3. The van der Waals surface area contributed by atoms with E-state index in [2.05, 4.69) is 10.5 Å². The maximum Gasteiger partial charge on any atom is 0.328 e. The van der Waals surface area contributed by atoms with Crippen LogP contribution in [0.1, 0.15) is 11.1 Å². The van der Waals surface area contributed by atoms with Crippen LogP contribution in [0, 0.1) is 30.3 Å². The van der Waals surface area contributed by atoms with Gasteiger partial charge < -0.3 is 5.11 Å². The number of hydrazone groups is 1. The summed E-state index contributed by atoms with van der Waals surface area (Å²) in [5.74, 6) is -0.888. The molecule has 0 atom stereocenters. The van der Waals surface area contributed by atoms with Crippen LogP contribution in [0.5, 0.6) is 5.88 Å². The lowest BCUT2D eigenvalue weighted by molar-refractivity contribution is -0.393. The van der Waals surface area contributed by atoms with Crippen LogP contribution in [0.25, 0.3) is 0 Å². The summed E-state index contributed by atoms with van der Waals surface area (Å²) in [6.07, 6.45) is 0. The molecule has 3 aromatic rings. The molecule has 168 valence electrons. The molecule has 0 bridgehead atoms. The van der Waals surface area contributed by atoms with Crippen molar-refractivity contribution in [3.05, 3.63) is 105 Å². The van der Waals surface area contributed by atoms with Gasteiger partial charge in [-0.05, 0) is 18.2 Å². The fraction of sp³-hybridized carbons (Fsp3) is 0. The second kappa shape index (κ2) is 8.76. The summed E-state index contributed by atoms with van der Waals surface area (Å²) in [7, 11) is 0. The Morgan fingerprint density at radius 2 is 1.48 bits per heavy atom. The first-order valence-electron chi connectivity index (χ1n) is 8.65. The summed E-state index contributed by atoms with van der Waals surface area (Å²) in [6.45, 7) is 0. The van der Waals surface area contributed by atoms with Gasteiger partial charge in [0.2, 0.25) is 5.88 Å². The second-order valence-corrected chi connectivity index (χ2v) is 6.22. The van der Waals surface area contributed by atoms with Crippen molar-refractivity contribution in [2.45, 2.75) is 0 Å². The van der Waals surface area contributed by atoms with Crippen molar-refractivity contribution in [1.29, 1.82) is 0 Å². The van der Waals surface area contributed by atoms with Gasteiger partial charge in [-0.3, -0.25) is 50.5 Å². The van der Waals surface area contributed by atoms with Crippen molar-refractivity contribution in [3.8, 4) is 5.88 Å². The number of H-pyrrole nitrogens is 2. The Morgan fingerprint density at radius 1 is 0.879 bits per heavy atom. The van der Waals surface area contributed by atoms with E-state index in [4.69, 9.17) is 0 Å². The molecule has 0 saturated carbocycles. The Kier molecular flexibility index (Phi) is 5.91. The van der Waals surface area contributed by atoms with E-state index in [-0.39, 0.29) is 22.6 Å². The Bertz CT molecular complexity index is 1420. The topological polar surface area (TPSA) is 240 Å². The van der Waals surface area contributed by atoms with E-state index in [0.29, 0.717) is 6.07 Å². The molecule has 0 aliphatic heterocycles. The van der Waals surface area contributed by atoms with E-state index < -0.39 is 48.8 Å². The summed E-state index contributed by atoms with van der Waals surface area (Å²) >= 11 is 0. The molecule has 16 nitrogen and oxygen atoms in total. The van der Waals surface area contributed by atoms with Gasteiger partial charge >= 0.3 is 11.4 Å². The Morgan fingerprint density at radius 3 is 2.03 bits per heavy atom. The van der Waals surface area contributed by atoms with Crippen LogP contribution in [0.2, 0.25) is 0 Å². The standard InChI is InChI=1S/C17H11N7O9/c25-15-13(16(26)19-17(27)18-15)14(8-1-3-9(4-2-8)22(28)29)21-20-11-6-5-10(23(30)31)7-12(11)24(32)33/h1-7,20H,(H3,18,19,25,26,27)/b21-14+. The van der Waals surface area contributed by atoms with Gasteiger partial charge in [-0.15, -0.1) is 0 Å². The zero-order valence-corrected chi connectivity index (χ0v) is 16.0. The van der Waals surface area contributed by atoms with Gasteiger partial charge in [0.05, 0.1) is 20.8 Å². The quantitative estimate of drug-likeness (QED) is 0.225. The number of aromatic amines is 2. The van der Waals surface area contributed by atoms with Crippen molar-refractivity contribution in [3.63, 3.8) is 0 Å². The van der Waals surface area contributed by atoms with Gasteiger partial charge in [-0.25, -0.2) is 4.79 Å². The molecule has 1 aromatic heterocycles. The van der Waals surface area contributed by atoms with Gasteiger partial charge in [0.25, 0.3) is 16.9 Å². The first-order valence-corrected chi connectivity index (χ1v) is 8.65. The molecule has 16 heteroatoms. The number of nitrogens with one attached hydrogen (secondary N) is 3. The number of nitro groups is 3. The fourth-order valence-corrected chi connectivity index (χ4v) is 2.70. The molecule has 4 N–H and O–H groups in total. The number of nitro benzene ring substituents is 3. The van der Waals surface area contributed by atoms with Gasteiger partial charge in [-0.2, -0.15) is 5.10 Å². The molecule has 1 heterocycles. The first-order chi connectivity index (χ1) is 15.6. The van der Waals surface area contributed by atoms with Gasteiger partial charge in [-0.1, -0.05) is 0 Å². The van der Waals surface area contributed by atoms with Crippen molar-refractivity contribution >= 4 is 28.5 Å². The van der Waals surface area contributed by atoms with Crippen LogP contribution < -0.4 is 16.7 Å². The number of non-ortho nitro benzene ring substituents is 2. The van der Waals surface area contributed by atoms with Crippen LogP contribution in [0.4, 0.5) is 22.7 Å². The highest BCUT2D eigenvalue weighted by molar-refractivity contribution is 6.14. The number of hydrogen-bond acceptors (Lipinski definition) is 11. The molecular weight excluding hydrogens is 446 g/mol. The molecule has 0 fully saturated rings. The summed E-state index contributed by atoms with van der Waals surface area (Å²) in [6, 6.07) is 7.20. The molecule has 0 spiro atoms. The molecule has 0 aliphatic rings. The van der Waals surface area contributed by atoms with E-state index in [1.807, 2.05) is 9.97 Å². The number of aromatic nitrogens is 2. The van der Waals surface area contributed by atoms with Gasteiger partial charge in [0.1, 0.15) is 17.0 Å². The van der Waals surface area contributed by atoms with Crippen molar-refractivity contribution in [2.24, 2.45) is 5.10 Å². The van der Waals surface area contributed by atoms with E-state index in [9.17, 15) is 45.0 Å². The minimum atomic E-state index is -1.08. The Labute approximate surface area is 180 Å². The fourth-order valence-electron chi connectivity index (χ4n) is 2.70. The maximum atomic E-state index is 12.3. The van der Waals surface area contributed by atoms with Crippen molar-refractivity contribution in [1.82, 2.24) is 9.97 Å². The van der Waals surface area contributed by atoms with Crippen LogP contribution >= 0.6 is 0 Å². The monoisotopic (exact) mass is 457 g/mol. The number of nitrogens with zero attached hydrogens (tertiary/aromatic N) is 4. The number of benzene rings is 2. The zero-order valence-electron chi connectivity index (χ0n) is 16.0. The lowest BCUT2D eigenvalue weighted by Crippen LogP contribution is -2.28. The number of hydrogen-bond donors (Lipinski definition) is 4. The minimum absolute atomic E-state index is 0.0468. The SMILES string of the molecule is O=c1[nH]c(O)c(/C(=N/Nc2ccc([N+](=O)[O-])cc2[N+](=O)[O-])c2ccc([N+](=O)[O-])cc2)c(=O)[nH]1. The summed E-state index contributed by atoms with van der Waals surface area (Å²) in [5, 5.41) is 47.1. The Balaban J connectivity index is 2.18. The lowest BCUT2D eigenvalue weighted by Gasteiger charge is -2.09. The molecule has 2 aromatic carbocycles. The van der Waals surface area contributed by atoms with Gasteiger partial charge in [0.15, 0.2) is 0 Å². The molecular formula is C17H11N7O9. The highest BCUT2D eigenvalue weighted by Gasteiger charge is 2.22. The molecule has 0 aliphatic carbocycles. The second-order valence-electron chi connectivity index (χ2n) is 6.22. The van der Waals surface area contributed by atoms with E-state index in [1.165, 1.54) is 12.1 Å². The van der Waals surface area contributed by atoms with Crippen molar-refractivity contribution < 1.29 is 19.9 Å². The van der Waals surface area contributed by atoms with E-state index >= 15 is 0 Å². The van der Waals surface area contributed by atoms with Crippen molar-refractivity contribution in [2.75, 3.05) is 5.43 Å². The van der Waals surface area contributed by atoms with Crippen LogP contribution in [-0.4, -0.2) is 35.6 Å². The predicted molar refractivity (Wildman–Crippen MR) is 111 cm³/mol. The highest BCUT2D eigenvalue weighted by atomic mass is 16.6. The number of anilines is 1. The van der Waals surface area contributed by atoms with Crippen LogP contribution in [0.3, 0.4) is 0 Å². The lowest BCUT2D eigenvalue weighted by atomic mass is 10.0. The van der Waals surface area contributed by atoms with Gasteiger partial charge in [0, 0.05) is 23.8 Å². The van der Waals surface area contributed by atoms with Crippen LogP contribution in [0.15, 0.2) is 57.2 Å². The predicted octanol–water partition coefficient (Wildman–Crippen LogP) is 1.36. The smallest absolute Gasteiger partial charge is 0.328 e. The minimum Gasteiger partial charge on any atom is -0.494 e. The Hall–Kier alpha value is -5.41. The number of aromatic hydroxyl groups is 1. The molecule has 0 radical (unpaired) electrons. The molecule has 0 unspecified atom stereocenters. The average molecular weight is 457 g/mol. The normalized spacial score (nSPS) is 11.1. The van der Waals surface area contributed by atoms with E-state index in [1.54, 1.807) is 0 Å². The largest absolute Gasteiger partial charge is 0.494 e. The first kappa shape index (κ1) is 22.3. The summed E-state index contributed by atoms with van der Waals surface area (Å²) < 4.78 is 0. The molecule has 0 saturated heterocycles. The number of rotatable bonds is 7. The third-order valence-electron chi connectivity index (χ3n) is 4.19.